The van der Waals surface area contributed by atoms with Crippen molar-refractivity contribution >= 4 is 37.3 Å². The van der Waals surface area contributed by atoms with Gasteiger partial charge < -0.3 is 5.73 Å². The van der Waals surface area contributed by atoms with E-state index >= 15 is 0 Å². The van der Waals surface area contributed by atoms with Crippen LogP contribution in [0.1, 0.15) is 5.56 Å². The summed E-state index contributed by atoms with van der Waals surface area (Å²) in [6, 6.07) is 8.36. The monoisotopic (exact) mass is 358 g/mol. The second-order valence-corrected chi connectivity index (χ2v) is 6.71. The molecule has 0 fully saturated rings. The molecule has 20 heavy (non-hydrogen) atoms. The summed E-state index contributed by atoms with van der Waals surface area (Å²) in [5, 5.41) is 0. The average Bonchev–Trinajstić information content (AvgIpc) is 2.36. The largest absolute Gasteiger partial charge is 0.398 e. The number of nitrogens with one attached hydrogen (secondary N) is 1. The van der Waals surface area contributed by atoms with Crippen LogP contribution in [0.2, 0.25) is 0 Å². The van der Waals surface area contributed by atoms with Crippen molar-refractivity contribution in [3.05, 3.63) is 52.3 Å². The molecule has 0 aliphatic heterocycles. The van der Waals surface area contributed by atoms with Crippen LogP contribution >= 0.6 is 15.9 Å². The Labute approximate surface area is 125 Å². The van der Waals surface area contributed by atoms with Gasteiger partial charge in [-0.05, 0) is 58.7 Å². The molecule has 0 spiro atoms. The van der Waals surface area contributed by atoms with E-state index in [1.807, 2.05) is 0 Å². The third kappa shape index (κ3) is 2.94. The van der Waals surface area contributed by atoms with Crippen LogP contribution in [0, 0.1) is 12.7 Å². The second kappa shape index (κ2) is 5.41. The van der Waals surface area contributed by atoms with Gasteiger partial charge in [-0.1, -0.05) is 6.07 Å². The van der Waals surface area contributed by atoms with E-state index in [0.717, 1.165) is 0 Å². The maximum Gasteiger partial charge on any atom is 0.262 e. The summed E-state index contributed by atoms with van der Waals surface area (Å²) in [5.74, 6) is -0.458. The molecule has 0 saturated heterocycles. The standard InChI is InChI=1S/C13H12BrFN2O2S/c1-8-11(16)3-2-4-13(8)20(18,19)17-12-6-5-9(15)7-10(12)14/h2-7,17H,16H2,1H3. The highest BCUT2D eigenvalue weighted by atomic mass is 79.9. The van der Waals surface area contributed by atoms with Crippen molar-refractivity contribution < 1.29 is 12.8 Å². The van der Waals surface area contributed by atoms with Crippen LogP contribution in [0.5, 0.6) is 0 Å². The van der Waals surface area contributed by atoms with Crippen LogP contribution in [0.15, 0.2) is 45.8 Å². The highest BCUT2D eigenvalue weighted by molar-refractivity contribution is 9.10. The topological polar surface area (TPSA) is 72.2 Å². The molecule has 0 unspecified atom stereocenters. The molecule has 0 heterocycles. The lowest BCUT2D eigenvalue weighted by Gasteiger charge is -2.12. The Bertz CT molecular complexity index is 763. The first-order valence-corrected chi connectivity index (χ1v) is 7.92. The minimum absolute atomic E-state index is 0.0914. The number of halogens is 2. The highest BCUT2D eigenvalue weighted by Gasteiger charge is 2.19. The molecule has 0 aromatic heterocycles. The fourth-order valence-corrected chi connectivity index (χ4v) is 3.63. The Hall–Kier alpha value is -1.60. The van der Waals surface area contributed by atoms with Gasteiger partial charge in [-0.25, -0.2) is 12.8 Å². The summed E-state index contributed by atoms with van der Waals surface area (Å²) < 4.78 is 40.4. The molecular weight excluding hydrogens is 347 g/mol. The fraction of sp³-hybridized carbons (Fsp3) is 0.0769. The van der Waals surface area contributed by atoms with Crippen molar-refractivity contribution in [3.8, 4) is 0 Å². The lowest BCUT2D eigenvalue weighted by atomic mass is 10.2. The van der Waals surface area contributed by atoms with Gasteiger partial charge in [-0.2, -0.15) is 0 Å². The molecule has 0 atom stereocenters. The number of nitrogen functional groups attached to an aromatic ring is 1. The molecule has 2 aromatic rings. The second-order valence-electron chi connectivity index (χ2n) is 4.20. The minimum Gasteiger partial charge on any atom is -0.398 e. The van der Waals surface area contributed by atoms with E-state index in [1.54, 1.807) is 19.1 Å². The van der Waals surface area contributed by atoms with E-state index in [9.17, 15) is 12.8 Å². The predicted molar refractivity (Wildman–Crippen MR) is 80.5 cm³/mol. The Morgan fingerprint density at radius 2 is 1.95 bits per heavy atom. The number of anilines is 2. The third-order valence-electron chi connectivity index (χ3n) is 2.79. The van der Waals surface area contributed by atoms with Crippen LogP contribution in [-0.2, 0) is 10.0 Å². The lowest BCUT2D eigenvalue weighted by Crippen LogP contribution is -2.15. The minimum atomic E-state index is -3.78. The molecule has 106 valence electrons. The molecule has 0 aliphatic carbocycles. The predicted octanol–water partition coefficient (Wildman–Crippen LogP) is 3.28. The summed E-state index contributed by atoms with van der Waals surface area (Å²) in [6.45, 7) is 1.63. The van der Waals surface area contributed by atoms with Gasteiger partial charge in [0.15, 0.2) is 0 Å². The maximum absolute atomic E-state index is 13.0. The van der Waals surface area contributed by atoms with Crippen molar-refractivity contribution in [2.24, 2.45) is 0 Å². The Morgan fingerprint density at radius 1 is 1.25 bits per heavy atom. The van der Waals surface area contributed by atoms with Crippen LogP contribution in [0.3, 0.4) is 0 Å². The van der Waals surface area contributed by atoms with Crippen molar-refractivity contribution in [2.45, 2.75) is 11.8 Å². The van der Waals surface area contributed by atoms with E-state index in [2.05, 4.69) is 20.7 Å². The molecule has 0 radical (unpaired) electrons. The van der Waals surface area contributed by atoms with Gasteiger partial charge in [0.2, 0.25) is 0 Å². The van der Waals surface area contributed by atoms with Crippen molar-refractivity contribution in [3.63, 3.8) is 0 Å². The van der Waals surface area contributed by atoms with Crippen molar-refractivity contribution in [2.75, 3.05) is 10.5 Å². The normalized spacial score (nSPS) is 11.3. The van der Waals surface area contributed by atoms with Crippen LogP contribution in [-0.4, -0.2) is 8.42 Å². The van der Waals surface area contributed by atoms with E-state index < -0.39 is 15.8 Å². The number of sulfonamides is 1. The Kier molecular flexibility index (Phi) is 4.01. The molecular formula is C13H12BrFN2O2S. The summed E-state index contributed by atoms with van der Waals surface area (Å²) >= 11 is 3.11. The fourth-order valence-electron chi connectivity index (χ4n) is 1.69. The quantitative estimate of drug-likeness (QED) is 0.827. The zero-order chi connectivity index (χ0) is 14.9. The first-order chi connectivity index (χ1) is 9.31. The number of benzene rings is 2. The van der Waals surface area contributed by atoms with Gasteiger partial charge in [0.05, 0.1) is 10.6 Å². The number of hydrogen-bond acceptors (Lipinski definition) is 3. The third-order valence-corrected chi connectivity index (χ3v) is 4.96. The molecule has 0 amide bonds. The zero-order valence-electron chi connectivity index (χ0n) is 10.5. The first kappa shape index (κ1) is 14.8. The average molecular weight is 359 g/mol. The molecule has 0 saturated carbocycles. The molecule has 7 heteroatoms. The Balaban J connectivity index is 2.44. The number of hydrogen-bond donors (Lipinski definition) is 2. The number of nitrogens with two attached hydrogens (primary N) is 1. The zero-order valence-corrected chi connectivity index (χ0v) is 12.9. The SMILES string of the molecule is Cc1c(N)cccc1S(=O)(=O)Nc1ccc(F)cc1Br. The number of rotatable bonds is 3. The summed E-state index contributed by atoms with van der Waals surface area (Å²) in [7, 11) is -3.78. The van der Waals surface area contributed by atoms with E-state index in [0.29, 0.717) is 15.7 Å². The van der Waals surface area contributed by atoms with Crippen molar-refractivity contribution in [1.82, 2.24) is 0 Å². The molecule has 0 bridgehead atoms. The summed E-state index contributed by atoms with van der Waals surface area (Å²) in [4.78, 5) is 0.0914. The molecule has 3 N–H and O–H groups in total. The van der Waals surface area contributed by atoms with Gasteiger partial charge in [-0.3, -0.25) is 4.72 Å². The van der Waals surface area contributed by atoms with Gasteiger partial charge in [0.25, 0.3) is 10.0 Å². The first-order valence-electron chi connectivity index (χ1n) is 5.64. The smallest absolute Gasteiger partial charge is 0.262 e. The van der Waals surface area contributed by atoms with Crippen molar-refractivity contribution in [1.29, 1.82) is 0 Å². The lowest BCUT2D eigenvalue weighted by molar-refractivity contribution is 0.600. The Morgan fingerprint density at radius 3 is 2.60 bits per heavy atom. The van der Waals surface area contributed by atoms with Gasteiger partial charge in [-0.15, -0.1) is 0 Å². The highest BCUT2D eigenvalue weighted by Crippen LogP contribution is 2.27. The summed E-state index contributed by atoms with van der Waals surface area (Å²) in [6.07, 6.45) is 0. The summed E-state index contributed by atoms with van der Waals surface area (Å²) in [5.41, 5.74) is 6.83. The molecule has 2 aromatic carbocycles. The van der Waals surface area contributed by atoms with Crippen LogP contribution < -0.4 is 10.5 Å². The molecule has 2 rings (SSSR count). The van der Waals surface area contributed by atoms with Crippen LogP contribution in [0.4, 0.5) is 15.8 Å². The van der Waals surface area contributed by atoms with Gasteiger partial charge >= 0.3 is 0 Å². The van der Waals surface area contributed by atoms with Gasteiger partial charge in [0.1, 0.15) is 5.82 Å². The van der Waals surface area contributed by atoms with Crippen LogP contribution in [0.25, 0.3) is 0 Å². The molecule has 0 aliphatic rings. The maximum atomic E-state index is 13.0. The molecule has 4 nitrogen and oxygen atoms in total. The van der Waals surface area contributed by atoms with Gasteiger partial charge in [0, 0.05) is 10.2 Å². The van der Waals surface area contributed by atoms with E-state index in [-0.39, 0.29) is 10.6 Å². The van der Waals surface area contributed by atoms with E-state index in [4.69, 9.17) is 5.73 Å². The van der Waals surface area contributed by atoms with E-state index in [1.165, 1.54) is 24.3 Å².